The van der Waals surface area contributed by atoms with Crippen molar-refractivity contribution in [3.05, 3.63) is 47.3 Å². The van der Waals surface area contributed by atoms with E-state index in [2.05, 4.69) is 38.0 Å². The van der Waals surface area contributed by atoms with Crippen LogP contribution in [-0.4, -0.2) is 44.9 Å². The van der Waals surface area contributed by atoms with Gasteiger partial charge in [0.1, 0.15) is 0 Å². The van der Waals surface area contributed by atoms with Crippen LogP contribution in [0, 0.1) is 12.3 Å². The highest BCUT2D eigenvalue weighted by Gasteiger charge is 2.55. The van der Waals surface area contributed by atoms with Gasteiger partial charge in [0.2, 0.25) is 0 Å². The number of aliphatic hydroxyl groups is 1. The van der Waals surface area contributed by atoms with E-state index >= 15 is 0 Å². The molecule has 1 saturated heterocycles. The molecule has 2 heterocycles. The minimum Gasteiger partial charge on any atom is -0.391 e. The molecule has 4 rings (SSSR count). The van der Waals surface area contributed by atoms with Gasteiger partial charge in [-0.1, -0.05) is 31.5 Å². The van der Waals surface area contributed by atoms with E-state index in [1.54, 1.807) is 11.1 Å². The first kappa shape index (κ1) is 16.3. The smallest absolute Gasteiger partial charge is 0.257 e. The third-order valence-corrected chi connectivity index (χ3v) is 5.65. The number of aromatic nitrogens is 2. The van der Waals surface area contributed by atoms with Gasteiger partial charge in [0, 0.05) is 18.5 Å². The number of benzene rings is 1. The SMILES string of the molecule is Cc1ccc(-n2ncc(C(=O)N3CC(O)C4(CC4)C3)c2C(C)C)cc1. The summed E-state index contributed by atoms with van der Waals surface area (Å²) in [5.74, 6) is 0.162. The summed E-state index contributed by atoms with van der Waals surface area (Å²) in [6.07, 6.45) is 3.35. The van der Waals surface area contributed by atoms with Crippen LogP contribution in [-0.2, 0) is 0 Å². The fraction of sp³-hybridized carbons (Fsp3) is 0.500. The van der Waals surface area contributed by atoms with Gasteiger partial charge in [-0.25, -0.2) is 4.68 Å². The lowest BCUT2D eigenvalue weighted by Crippen LogP contribution is -2.30. The summed E-state index contributed by atoms with van der Waals surface area (Å²) in [6, 6.07) is 8.16. The normalized spacial score (nSPS) is 21.3. The van der Waals surface area contributed by atoms with Crippen LogP contribution in [0.2, 0.25) is 0 Å². The van der Waals surface area contributed by atoms with Crippen molar-refractivity contribution >= 4 is 5.91 Å². The van der Waals surface area contributed by atoms with Crippen LogP contribution in [0.15, 0.2) is 30.5 Å². The largest absolute Gasteiger partial charge is 0.391 e. The van der Waals surface area contributed by atoms with Crippen molar-refractivity contribution in [1.29, 1.82) is 0 Å². The molecule has 25 heavy (non-hydrogen) atoms. The van der Waals surface area contributed by atoms with Crippen molar-refractivity contribution < 1.29 is 9.90 Å². The summed E-state index contributed by atoms with van der Waals surface area (Å²) in [6.45, 7) is 7.32. The molecule has 1 unspecified atom stereocenters. The summed E-state index contributed by atoms with van der Waals surface area (Å²) < 4.78 is 1.87. The van der Waals surface area contributed by atoms with Crippen LogP contribution in [0.3, 0.4) is 0 Å². The molecule has 5 nitrogen and oxygen atoms in total. The Balaban J connectivity index is 1.68. The van der Waals surface area contributed by atoms with Crippen molar-refractivity contribution in [3.63, 3.8) is 0 Å². The molecule has 2 fully saturated rings. The molecule has 2 aromatic rings. The van der Waals surface area contributed by atoms with Gasteiger partial charge in [0.15, 0.2) is 0 Å². The molecule has 5 heteroatoms. The van der Waals surface area contributed by atoms with Crippen LogP contribution in [0.4, 0.5) is 0 Å². The molecular weight excluding hydrogens is 314 g/mol. The van der Waals surface area contributed by atoms with Crippen LogP contribution < -0.4 is 0 Å². The number of hydrogen-bond donors (Lipinski definition) is 1. The van der Waals surface area contributed by atoms with Crippen molar-refractivity contribution in [2.75, 3.05) is 13.1 Å². The van der Waals surface area contributed by atoms with E-state index in [1.807, 2.05) is 16.8 Å². The second-order valence-corrected chi connectivity index (χ2v) is 7.91. The Morgan fingerprint density at radius 3 is 2.52 bits per heavy atom. The number of likely N-dealkylation sites (tertiary alicyclic amines) is 1. The van der Waals surface area contributed by atoms with E-state index in [9.17, 15) is 9.90 Å². The van der Waals surface area contributed by atoms with Gasteiger partial charge in [-0.15, -0.1) is 0 Å². The molecular formula is C20H25N3O2. The summed E-state index contributed by atoms with van der Waals surface area (Å²) in [5.41, 5.74) is 3.72. The van der Waals surface area contributed by atoms with Gasteiger partial charge in [-0.2, -0.15) is 5.10 Å². The van der Waals surface area contributed by atoms with Crippen LogP contribution in [0.5, 0.6) is 0 Å². The van der Waals surface area contributed by atoms with Crippen molar-refractivity contribution in [2.45, 2.75) is 45.6 Å². The second kappa shape index (κ2) is 5.70. The van der Waals surface area contributed by atoms with Gasteiger partial charge in [0.05, 0.1) is 29.2 Å². The summed E-state index contributed by atoms with van der Waals surface area (Å²) in [5, 5.41) is 14.8. The molecule has 1 N–H and O–H groups in total. The lowest BCUT2D eigenvalue weighted by Gasteiger charge is -2.18. The molecule has 1 atom stereocenters. The van der Waals surface area contributed by atoms with Crippen molar-refractivity contribution in [2.24, 2.45) is 5.41 Å². The Morgan fingerprint density at radius 2 is 1.96 bits per heavy atom. The lowest BCUT2D eigenvalue weighted by atomic mass is 10.0. The van der Waals surface area contributed by atoms with Gasteiger partial charge in [-0.05, 0) is 37.8 Å². The van der Waals surface area contributed by atoms with E-state index < -0.39 is 0 Å². The van der Waals surface area contributed by atoms with E-state index in [4.69, 9.17) is 0 Å². The number of aliphatic hydroxyl groups excluding tert-OH is 1. The third kappa shape index (κ3) is 2.67. The zero-order valence-corrected chi connectivity index (χ0v) is 15.1. The molecule has 1 aromatic heterocycles. The monoisotopic (exact) mass is 339 g/mol. The number of β-amino-alcohol motifs (C(OH)–C–C–N with tert-alkyl or cyclic N) is 1. The maximum absolute atomic E-state index is 13.1. The van der Waals surface area contributed by atoms with Crippen molar-refractivity contribution in [3.8, 4) is 5.69 Å². The first-order valence-corrected chi connectivity index (χ1v) is 9.03. The molecule has 1 aromatic carbocycles. The number of nitrogens with zero attached hydrogens (tertiary/aromatic N) is 3. The molecule has 0 radical (unpaired) electrons. The van der Waals surface area contributed by atoms with E-state index in [0.717, 1.165) is 24.2 Å². The average molecular weight is 339 g/mol. The third-order valence-electron chi connectivity index (χ3n) is 5.65. The maximum atomic E-state index is 13.1. The Labute approximate surface area is 148 Å². The molecule has 132 valence electrons. The molecule has 1 spiro atoms. The van der Waals surface area contributed by atoms with Crippen molar-refractivity contribution in [1.82, 2.24) is 14.7 Å². The highest BCUT2D eigenvalue weighted by molar-refractivity contribution is 5.95. The zero-order chi connectivity index (χ0) is 17.8. The summed E-state index contributed by atoms with van der Waals surface area (Å²) in [7, 11) is 0. The number of carbonyl (C=O) groups is 1. The number of carbonyl (C=O) groups excluding carboxylic acids is 1. The first-order valence-electron chi connectivity index (χ1n) is 9.03. The van der Waals surface area contributed by atoms with Gasteiger partial charge in [-0.3, -0.25) is 4.79 Å². The van der Waals surface area contributed by atoms with Crippen LogP contribution in [0.1, 0.15) is 54.2 Å². The molecule has 0 bridgehead atoms. The minimum absolute atomic E-state index is 0.00936. The zero-order valence-electron chi connectivity index (χ0n) is 15.1. The highest BCUT2D eigenvalue weighted by atomic mass is 16.3. The summed E-state index contributed by atoms with van der Waals surface area (Å²) in [4.78, 5) is 14.9. The molecule has 1 aliphatic carbocycles. The fourth-order valence-electron chi connectivity index (χ4n) is 3.90. The molecule has 1 aliphatic heterocycles. The quantitative estimate of drug-likeness (QED) is 0.935. The maximum Gasteiger partial charge on any atom is 0.257 e. The Hall–Kier alpha value is -2.14. The van der Waals surface area contributed by atoms with E-state index in [0.29, 0.717) is 18.7 Å². The predicted octanol–water partition coefficient (Wildman–Crippen LogP) is 2.90. The van der Waals surface area contributed by atoms with E-state index in [-0.39, 0.29) is 23.3 Å². The van der Waals surface area contributed by atoms with Gasteiger partial charge >= 0.3 is 0 Å². The highest BCUT2D eigenvalue weighted by Crippen LogP contribution is 2.53. The summed E-state index contributed by atoms with van der Waals surface area (Å²) >= 11 is 0. The van der Waals surface area contributed by atoms with Gasteiger partial charge < -0.3 is 10.0 Å². The number of aryl methyl sites for hydroxylation is 1. The number of rotatable bonds is 3. The predicted molar refractivity (Wildman–Crippen MR) is 96.0 cm³/mol. The van der Waals surface area contributed by atoms with E-state index in [1.165, 1.54) is 5.56 Å². The lowest BCUT2D eigenvalue weighted by molar-refractivity contribution is 0.0763. The minimum atomic E-state index is -0.383. The fourth-order valence-corrected chi connectivity index (χ4v) is 3.90. The number of hydrogen-bond acceptors (Lipinski definition) is 3. The van der Waals surface area contributed by atoms with Gasteiger partial charge in [0.25, 0.3) is 5.91 Å². The Kier molecular flexibility index (Phi) is 3.72. The van der Waals surface area contributed by atoms with Crippen LogP contribution >= 0.6 is 0 Å². The number of amides is 1. The average Bonchev–Trinajstić information content (AvgIpc) is 3.10. The molecule has 2 aliphatic rings. The Bertz CT molecular complexity index is 803. The Morgan fingerprint density at radius 1 is 1.28 bits per heavy atom. The molecule has 1 saturated carbocycles. The topological polar surface area (TPSA) is 58.4 Å². The first-order chi connectivity index (χ1) is 11.9. The van der Waals surface area contributed by atoms with Crippen LogP contribution in [0.25, 0.3) is 5.69 Å². The molecule has 1 amide bonds. The second-order valence-electron chi connectivity index (χ2n) is 7.91. The standard InChI is InChI=1S/C20H25N3O2/c1-13(2)18-16(10-21-23(18)15-6-4-14(3)5-7-15)19(25)22-11-17(24)20(12-22)8-9-20/h4-7,10,13,17,24H,8-9,11-12H2,1-3H3.